The number of anilines is 1. The van der Waals surface area contributed by atoms with Crippen molar-refractivity contribution in [3.05, 3.63) is 18.2 Å². The van der Waals surface area contributed by atoms with Crippen LogP contribution in [-0.2, 0) is 4.79 Å². The molecule has 0 radical (unpaired) electrons. The molecule has 0 heterocycles. The number of ether oxygens (including phenoxy) is 2. The molecule has 0 bridgehead atoms. The second-order valence-corrected chi connectivity index (χ2v) is 5.34. The summed E-state index contributed by atoms with van der Waals surface area (Å²) in [5.41, 5.74) is 6.75. The van der Waals surface area contributed by atoms with Gasteiger partial charge in [0.15, 0.2) is 11.5 Å². The number of nitrogens with two attached hydrogens (primary N) is 1. The lowest BCUT2D eigenvalue weighted by atomic mass is 9.84. The van der Waals surface area contributed by atoms with Crippen molar-refractivity contribution < 1.29 is 14.3 Å². The van der Waals surface area contributed by atoms with Gasteiger partial charge in [-0.15, -0.1) is 0 Å². The second kappa shape index (κ2) is 7.31. The molecule has 2 atom stereocenters. The minimum Gasteiger partial charge on any atom is -0.493 e. The smallest absolute Gasteiger partial charge is 0.229 e. The Balaban J connectivity index is 2.06. The summed E-state index contributed by atoms with van der Waals surface area (Å²) in [5.74, 6) is 1.18. The number of carbonyl (C=O) groups excluding carboxylic acids is 1. The first-order valence-electron chi connectivity index (χ1n) is 7.53. The molecule has 1 saturated carbocycles. The Morgan fingerprint density at radius 1 is 1.33 bits per heavy atom. The van der Waals surface area contributed by atoms with E-state index in [0.29, 0.717) is 23.8 Å². The van der Waals surface area contributed by atoms with E-state index in [-0.39, 0.29) is 17.9 Å². The third-order valence-corrected chi connectivity index (χ3v) is 3.89. The molecule has 1 amide bonds. The van der Waals surface area contributed by atoms with Crippen LogP contribution in [0.2, 0.25) is 0 Å². The van der Waals surface area contributed by atoms with Crippen LogP contribution in [0, 0.1) is 5.92 Å². The number of benzene rings is 1. The summed E-state index contributed by atoms with van der Waals surface area (Å²) in [4.78, 5) is 12.3. The van der Waals surface area contributed by atoms with Crippen molar-refractivity contribution in [2.24, 2.45) is 11.7 Å². The number of carbonyl (C=O) groups is 1. The van der Waals surface area contributed by atoms with Gasteiger partial charge in [0.1, 0.15) is 0 Å². The first kappa shape index (κ1) is 15.6. The average Bonchev–Trinajstić information content (AvgIpc) is 2.49. The van der Waals surface area contributed by atoms with Crippen molar-refractivity contribution in [3.63, 3.8) is 0 Å². The lowest BCUT2D eigenvalue weighted by Crippen LogP contribution is -2.40. The zero-order valence-corrected chi connectivity index (χ0v) is 12.7. The van der Waals surface area contributed by atoms with Crippen molar-refractivity contribution in [2.75, 3.05) is 19.0 Å². The van der Waals surface area contributed by atoms with Crippen LogP contribution < -0.4 is 20.5 Å². The van der Waals surface area contributed by atoms with Gasteiger partial charge in [-0.2, -0.15) is 0 Å². The zero-order valence-electron chi connectivity index (χ0n) is 12.7. The number of hydrogen-bond acceptors (Lipinski definition) is 4. The van der Waals surface area contributed by atoms with Gasteiger partial charge in [0.25, 0.3) is 0 Å². The highest BCUT2D eigenvalue weighted by atomic mass is 16.5. The number of nitrogens with one attached hydrogen (secondary N) is 1. The molecule has 2 rings (SSSR count). The molecule has 1 aliphatic rings. The Morgan fingerprint density at radius 2 is 2.10 bits per heavy atom. The minimum absolute atomic E-state index is 0.00610. The van der Waals surface area contributed by atoms with E-state index >= 15 is 0 Å². The van der Waals surface area contributed by atoms with E-state index in [1.54, 1.807) is 19.2 Å². The maximum absolute atomic E-state index is 12.3. The van der Waals surface area contributed by atoms with Crippen LogP contribution in [0.5, 0.6) is 11.5 Å². The summed E-state index contributed by atoms with van der Waals surface area (Å²) in [7, 11) is 1.58. The monoisotopic (exact) mass is 292 g/mol. The van der Waals surface area contributed by atoms with Crippen molar-refractivity contribution in [1.29, 1.82) is 0 Å². The molecule has 1 fully saturated rings. The second-order valence-electron chi connectivity index (χ2n) is 5.34. The Labute approximate surface area is 125 Å². The average molecular weight is 292 g/mol. The van der Waals surface area contributed by atoms with E-state index in [9.17, 15) is 4.79 Å². The molecule has 1 aromatic carbocycles. The molecule has 0 spiro atoms. The minimum atomic E-state index is -0.101. The highest BCUT2D eigenvalue weighted by molar-refractivity contribution is 5.93. The van der Waals surface area contributed by atoms with Gasteiger partial charge in [-0.25, -0.2) is 0 Å². The first-order chi connectivity index (χ1) is 10.2. The standard InChI is InChI=1S/C16H24N2O3/c1-3-21-14-9-8-11(10-15(14)20-2)18-16(19)12-6-4-5-7-13(12)17/h8-10,12-13H,3-7,17H2,1-2H3,(H,18,19). The summed E-state index contributed by atoms with van der Waals surface area (Å²) in [6, 6.07) is 5.36. The highest BCUT2D eigenvalue weighted by Crippen LogP contribution is 2.31. The van der Waals surface area contributed by atoms with E-state index in [1.807, 2.05) is 13.0 Å². The molecule has 3 N–H and O–H groups in total. The maximum atomic E-state index is 12.3. The van der Waals surface area contributed by atoms with Gasteiger partial charge >= 0.3 is 0 Å². The summed E-state index contributed by atoms with van der Waals surface area (Å²) in [5, 5.41) is 2.93. The zero-order chi connectivity index (χ0) is 15.2. The van der Waals surface area contributed by atoms with Crippen LogP contribution in [0.1, 0.15) is 32.6 Å². The quantitative estimate of drug-likeness (QED) is 0.874. The lowest BCUT2D eigenvalue weighted by molar-refractivity contribution is -0.121. The first-order valence-corrected chi connectivity index (χ1v) is 7.53. The number of hydrogen-bond donors (Lipinski definition) is 2. The number of rotatable bonds is 5. The van der Waals surface area contributed by atoms with Crippen LogP contribution in [0.3, 0.4) is 0 Å². The molecule has 0 aromatic heterocycles. The maximum Gasteiger partial charge on any atom is 0.229 e. The topological polar surface area (TPSA) is 73.6 Å². The van der Waals surface area contributed by atoms with E-state index in [0.717, 1.165) is 25.7 Å². The van der Waals surface area contributed by atoms with Gasteiger partial charge in [-0.1, -0.05) is 12.8 Å². The Morgan fingerprint density at radius 3 is 2.76 bits per heavy atom. The molecule has 5 nitrogen and oxygen atoms in total. The Bertz CT molecular complexity index is 490. The molecule has 21 heavy (non-hydrogen) atoms. The molecular weight excluding hydrogens is 268 g/mol. The summed E-state index contributed by atoms with van der Waals surface area (Å²) < 4.78 is 10.7. The van der Waals surface area contributed by atoms with Gasteiger partial charge in [0, 0.05) is 17.8 Å². The molecule has 0 aliphatic heterocycles. The predicted octanol–water partition coefficient (Wildman–Crippen LogP) is 2.55. The van der Waals surface area contributed by atoms with Gasteiger partial charge in [-0.3, -0.25) is 4.79 Å². The molecule has 0 saturated heterocycles. The van der Waals surface area contributed by atoms with E-state index in [1.165, 1.54) is 0 Å². The fourth-order valence-electron chi connectivity index (χ4n) is 2.74. The van der Waals surface area contributed by atoms with Crippen molar-refractivity contribution >= 4 is 11.6 Å². The third-order valence-electron chi connectivity index (χ3n) is 3.89. The lowest BCUT2D eigenvalue weighted by Gasteiger charge is -2.27. The van der Waals surface area contributed by atoms with E-state index in [2.05, 4.69) is 5.32 Å². The fourth-order valence-corrected chi connectivity index (χ4v) is 2.74. The van der Waals surface area contributed by atoms with Crippen LogP contribution in [0.25, 0.3) is 0 Å². The van der Waals surface area contributed by atoms with Crippen LogP contribution >= 0.6 is 0 Å². The van der Waals surface area contributed by atoms with Crippen LogP contribution in [0.15, 0.2) is 18.2 Å². The third kappa shape index (κ3) is 3.88. The highest BCUT2D eigenvalue weighted by Gasteiger charge is 2.28. The molecule has 1 aliphatic carbocycles. The van der Waals surface area contributed by atoms with Gasteiger partial charge in [0.05, 0.1) is 19.6 Å². The molecule has 2 unspecified atom stereocenters. The van der Waals surface area contributed by atoms with Gasteiger partial charge in [-0.05, 0) is 31.9 Å². The molecular formula is C16H24N2O3. The largest absolute Gasteiger partial charge is 0.493 e. The van der Waals surface area contributed by atoms with Gasteiger partial charge < -0.3 is 20.5 Å². The van der Waals surface area contributed by atoms with E-state index < -0.39 is 0 Å². The summed E-state index contributed by atoms with van der Waals surface area (Å²) >= 11 is 0. The Hall–Kier alpha value is -1.75. The van der Waals surface area contributed by atoms with Crippen molar-refractivity contribution in [3.8, 4) is 11.5 Å². The van der Waals surface area contributed by atoms with Crippen LogP contribution in [0.4, 0.5) is 5.69 Å². The molecule has 1 aromatic rings. The predicted molar refractivity (Wildman–Crippen MR) is 82.7 cm³/mol. The summed E-state index contributed by atoms with van der Waals surface area (Å²) in [6.07, 6.45) is 3.96. The molecule has 116 valence electrons. The van der Waals surface area contributed by atoms with Crippen molar-refractivity contribution in [2.45, 2.75) is 38.6 Å². The van der Waals surface area contributed by atoms with Crippen molar-refractivity contribution in [1.82, 2.24) is 0 Å². The SMILES string of the molecule is CCOc1ccc(NC(=O)C2CCCCC2N)cc1OC. The fraction of sp³-hybridized carbons (Fsp3) is 0.562. The molecule has 5 heteroatoms. The van der Waals surface area contributed by atoms with E-state index in [4.69, 9.17) is 15.2 Å². The normalized spacial score (nSPS) is 21.7. The van der Waals surface area contributed by atoms with Gasteiger partial charge in [0.2, 0.25) is 5.91 Å². The van der Waals surface area contributed by atoms with Crippen LogP contribution in [-0.4, -0.2) is 25.7 Å². The number of amides is 1. The number of methoxy groups -OCH3 is 1. The Kier molecular flexibility index (Phi) is 5.44. The summed E-state index contributed by atoms with van der Waals surface area (Å²) in [6.45, 7) is 2.48.